The first kappa shape index (κ1) is 9.30. The van der Waals surface area contributed by atoms with Crippen LogP contribution in [-0.2, 0) is 7.05 Å². The Bertz CT molecular complexity index is 261. The van der Waals surface area contributed by atoms with Crippen LogP contribution in [0.5, 0.6) is 0 Å². The minimum absolute atomic E-state index is 0.561. The predicted molar refractivity (Wildman–Crippen MR) is 51.2 cm³/mol. The standard InChI is InChI=1S/C10H18N2/c1-7(2)9(4)10-8(3)6-12(5)11-10/h6-7,9H,1-5H3. The highest BCUT2D eigenvalue weighted by molar-refractivity contribution is 5.18. The summed E-state index contributed by atoms with van der Waals surface area (Å²) in [7, 11) is 1.98. The average molecular weight is 166 g/mol. The Labute approximate surface area is 74.6 Å². The van der Waals surface area contributed by atoms with E-state index in [9.17, 15) is 0 Å². The lowest BCUT2D eigenvalue weighted by atomic mass is 9.93. The number of aromatic nitrogens is 2. The van der Waals surface area contributed by atoms with Crippen molar-refractivity contribution in [2.75, 3.05) is 0 Å². The molecule has 2 nitrogen and oxygen atoms in total. The molecule has 0 fully saturated rings. The van der Waals surface area contributed by atoms with E-state index >= 15 is 0 Å². The van der Waals surface area contributed by atoms with Crippen molar-refractivity contribution in [1.82, 2.24) is 9.78 Å². The molecule has 1 aromatic heterocycles. The molecule has 0 N–H and O–H groups in total. The van der Waals surface area contributed by atoms with Gasteiger partial charge in [0, 0.05) is 19.2 Å². The number of aryl methyl sites for hydroxylation is 2. The molecule has 68 valence electrons. The van der Waals surface area contributed by atoms with Crippen molar-refractivity contribution >= 4 is 0 Å². The monoisotopic (exact) mass is 166 g/mol. The van der Waals surface area contributed by atoms with E-state index in [1.165, 1.54) is 11.3 Å². The van der Waals surface area contributed by atoms with Gasteiger partial charge in [-0.25, -0.2) is 0 Å². The van der Waals surface area contributed by atoms with Crippen LogP contribution in [0.25, 0.3) is 0 Å². The van der Waals surface area contributed by atoms with Gasteiger partial charge in [-0.1, -0.05) is 20.8 Å². The van der Waals surface area contributed by atoms with Crippen molar-refractivity contribution < 1.29 is 0 Å². The van der Waals surface area contributed by atoms with E-state index in [1.807, 2.05) is 11.7 Å². The lowest BCUT2D eigenvalue weighted by molar-refractivity contribution is 0.514. The van der Waals surface area contributed by atoms with Gasteiger partial charge in [0.25, 0.3) is 0 Å². The van der Waals surface area contributed by atoms with Crippen LogP contribution < -0.4 is 0 Å². The number of hydrogen-bond donors (Lipinski definition) is 0. The largest absolute Gasteiger partial charge is 0.275 e. The third-order valence-corrected chi connectivity index (χ3v) is 2.48. The van der Waals surface area contributed by atoms with Gasteiger partial charge in [0.15, 0.2) is 0 Å². The topological polar surface area (TPSA) is 17.8 Å². The van der Waals surface area contributed by atoms with Crippen molar-refractivity contribution in [3.8, 4) is 0 Å². The Hall–Kier alpha value is -0.790. The second-order valence-corrected chi connectivity index (χ2v) is 3.90. The van der Waals surface area contributed by atoms with Gasteiger partial charge in [-0.05, 0) is 18.4 Å². The normalized spacial score (nSPS) is 13.8. The Morgan fingerprint density at radius 3 is 2.25 bits per heavy atom. The molecule has 0 aliphatic rings. The zero-order valence-corrected chi connectivity index (χ0v) is 8.63. The molecule has 2 heteroatoms. The van der Waals surface area contributed by atoms with Crippen LogP contribution in [0.3, 0.4) is 0 Å². The third-order valence-electron chi connectivity index (χ3n) is 2.48. The summed E-state index contributed by atoms with van der Waals surface area (Å²) < 4.78 is 1.89. The Balaban J connectivity index is 2.94. The fourth-order valence-corrected chi connectivity index (χ4v) is 1.39. The molecular formula is C10H18N2. The van der Waals surface area contributed by atoms with Crippen LogP contribution in [0.15, 0.2) is 6.20 Å². The summed E-state index contributed by atoms with van der Waals surface area (Å²) in [4.78, 5) is 0. The summed E-state index contributed by atoms with van der Waals surface area (Å²) in [5.41, 5.74) is 2.55. The molecule has 0 spiro atoms. The lowest BCUT2D eigenvalue weighted by Crippen LogP contribution is -2.04. The Morgan fingerprint density at radius 1 is 1.33 bits per heavy atom. The molecule has 0 amide bonds. The van der Waals surface area contributed by atoms with E-state index in [0.29, 0.717) is 11.8 Å². The van der Waals surface area contributed by atoms with Gasteiger partial charge in [-0.3, -0.25) is 4.68 Å². The summed E-state index contributed by atoms with van der Waals surface area (Å²) in [5.74, 6) is 1.23. The summed E-state index contributed by atoms with van der Waals surface area (Å²) in [6, 6.07) is 0. The van der Waals surface area contributed by atoms with Crippen LogP contribution >= 0.6 is 0 Å². The molecule has 1 unspecified atom stereocenters. The van der Waals surface area contributed by atoms with Gasteiger partial charge >= 0.3 is 0 Å². The van der Waals surface area contributed by atoms with Crippen LogP contribution in [0.4, 0.5) is 0 Å². The molecule has 0 bridgehead atoms. The molecule has 0 saturated heterocycles. The quantitative estimate of drug-likeness (QED) is 0.660. The molecule has 1 heterocycles. The third kappa shape index (κ3) is 1.68. The Morgan fingerprint density at radius 2 is 1.92 bits per heavy atom. The maximum atomic E-state index is 4.45. The number of hydrogen-bond acceptors (Lipinski definition) is 1. The lowest BCUT2D eigenvalue weighted by Gasteiger charge is -2.13. The second-order valence-electron chi connectivity index (χ2n) is 3.90. The first-order valence-corrected chi connectivity index (χ1v) is 4.52. The van der Waals surface area contributed by atoms with E-state index in [2.05, 4.69) is 39.0 Å². The minimum Gasteiger partial charge on any atom is -0.275 e. The molecule has 12 heavy (non-hydrogen) atoms. The average Bonchev–Trinajstić information content (AvgIpc) is 2.28. The van der Waals surface area contributed by atoms with E-state index in [0.717, 1.165) is 0 Å². The summed E-state index contributed by atoms with van der Waals surface area (Å²) in [6.45, 7) is 8.83. The van der Waals surface area contributed by atoms with Gasteiger partial charge in [0.2, 0.25) is 0 Å². The molecule has 1 aromatic rings. The molecule has 0 aliphatic carbocycles. The fraction of sp³-hybridized carbons (Fsp3) is 0.700. The van der Waals surface area contributed by atoms with E-state index < -0.39 is 0 Å². The molecule has 1 rings (SSSR count). The maximum Gasteiger partial charge on any atom is 0.0684 e. The highest BCUT2D eigenvalue weighted by Crippen LogP contribution is 2.24. The summed E-state index contributed by atoms with van der Waals surface area (Å²) >= 11 is 0. The van der Waals surface area contributed by atoms with Crippen molar-refractivity contribution in [1.29, 1.82) is 0 Å². The first-order valence-electron chi connectivity index (χ1n) is 4.52. The minimum atomic E-state index is 0.561. The van der Waals surface area contributed by atoms with Crippen molar-refractivity contribution in [3.63, 3.8) is 0 Å². The fourth-order valence-electron chi connectivity index (χ4n) is 1.39. The highest BCUT2D eigenvalue weighted by atomic mass is 15.3. The predicted octanol–water partition coefficient (Wildman–Crippen LogP) is 2.49. The van der Waals surface area contributed by atoms with Crippen LogP contribution in [-0.4, -0.2) is 9.78 Å². The Kier molecular flexibility index (Phi) is 2.55. The van der Waals surface area contributed by atoms with E-state index in [4.69, 9.17) is 0 Å². The van der Waals surface area contributed by atoms with Gasteiger partial charge < -0.3 is 0 Å². The molecule has 0 radical (unpaired) electrons. The van der Waals surface area contributed by atoms with Crippen LogP contribution in [0.2, 0.25) is 0 Å². The maximum absolute atomic E-state index is 4.45. The molecule has 1 atom stereocenters. The van der Waals surface area contributed by atoms with Gasteiger partial charge in [-0.15, -0.1) is 0 Å². The highest BCUT2D eigenvalue weighted by Gasteiger charge is 2.15. The van der Waals surface area contributed by atoms with Crippen LogP contribution in [0, 0.1) is 12.8 Å². The van der Waals surface area contributed by atoms with Crippen molar-refractivity contribution in [2.45, 2.75) is 33.6 Å². The SMILES string of the molecule is Cc1cn(C)nc1C(C)C(C)C. The van der Waals surface area contributed by atoms with Crippen molar-refractivity contribution in [3.05, 3.63) is 17.5 Å². The summed E-state index contributed by atoms with van der Waals surface area (Å²) in [5, 5.41) is 4.45. The van der Waals surface area contributed by atoms with Gasteiger partial charge in [0.1, 0.15) is 0 Å². The number of rotatable bonds is 2. The molecule has 0 aromatic carbocycles. The zero-order chi connectivity index (χ0) is 9.30. The van der Waals surface area contributed by atoms with Crippen LogP contribution in [0.1, 0.15) is 37.9 Å². The smallest absolute Gasteiger partial charge is 0.0684 e. The van der Waals surface area contributed by atoms with E-state index in [1.54, 1.807) is 0 Å². The molecular weight excluding hydrogens is 148 g/mol. The van der Waals surface area contributed by atoms with E-state index in [-0.39, 0.29) is 0 Å². The second kappa shape index (κ2) is 3.30. The summed E-state index contributed by atoms with van der Waals surface area (Å²) in [6.07, 6.45) is 2.08. The first-order chi connectivity index (χ1) is 5.52. The van der Waals surface area contributed by atoms with Gasteiger partial charge in [0.05, 0.1) is 5.69 Å². The molecule has 0 aliphatic heterocycles. The van der Waals surface area contributed by atoms with Gasteiger partial charge in [-0.2, -0.15) is 5.10 Å². The molecule has 0 saturated carbocycles. The zero-order valence-electron chi connectivity index (χ0n) is 8.63. The number of nitrogens with zero attached hydrogens (tertiary/aromatic N) is 2. The van der Waals surface area contributed by atoms with Crippen molar-refractivity contribution in [2.24, 2.45) is 13.0 Å².